The lowest BCUT2D eigenvalue weighted by Crippen LogP contribution is -2.28. The predicted molar refractivity (Wildman–Crippen MR) is 92.6 cm³/mol. The van der Waals surface area contributed by atoms with Crippen molar-refractivity contribution in [1.29, 1.82) is 0 Å². The van der Waals surface area contributed by atoms with Gasteiger partial charge in [0.05, 0.1) is 5.69 Å². The van der Waals surface area contributed by atoms with Gasteiger partial charge in [-0.05, 0) is 41.8 Å². The summed E-state index contributed by atoms with van der Waals surface area (Å²) in [7, 11) is 1.55. The van der Waals surface area contributed by atoms with Crippen LogP contribution in [0.1, 0.15) is 21.5 Å². The molecule has 126 valence electrons. The van der Waals surface area contributed by atoms with Gasteiger partial charge in [0.15, 0.2) is 0 Å². The molecule has 2 heterocycles. The number of nitrogens with zero attached hydrogens (tertiary/aromatic N) is 2. The lowest BCUT2D eigenvalue weighted by molar-refractivity contribution is 0.0999. The summed E-state index contributed by atoms with van der Waals surface area (Å²) in [6.07, 6.45) is 3.74. The minimum Gasteiger partial charge on any atom is -0.365 e. The van der Waals surface area contributed by atoms with E-state index in [4.69, 9.17) is 5.73 Å². The topological polar surface area (TPSA) is 78.0 Å². The molecule has 0 fully saturated rings. The molecule has 0 aliphatic rings. The number of primary amides is 1. The van der Waals surface area contributed by atoms with Gasteiger partial charge in [-0.25, -0.2) is 4.39 Å². The molecular weight excluding hydrogens is 321 g/mol. The van der Waals surface area contributed by atoms with Crippen LogP contribution in [0.2, 0.25) is 0 Å². The molecule has 0 unspecified atom stereocenters. The standard InChI is InChI=1S/C19H16FN3O2/c1-23-8-7-15(17(18(21)24)19(23)25)16-6-5-13(11-22-16)9-12-3-2-4-14(20)10-12/h2-8,10-11H,9H2,1H3,(H2,21,24). The van der Waals surface area contributed by atoms with E-state index in [1.807, 2.05) is 12.1 Å². The van der Waals surface area contributed by atoms with Gasteiger partial charge in [-0.15, -0.1) is 0 Å². The van der Waals surface area contributed by atoms with Crippen LogP contribution >= 0.6 is 0 Å². The number of amides is 1. The van der Waals surface area contributed by atoms with Crippen molar-refractivity contribution in [3.05, 3.63) is 87.7 Å². The van der Waals surface area contributed by atoms with Crippen molar-refractivity contribution in [2.45, 2.75) is 6.42 Å². The van der Waals surface area contributed by atoms with Crippen LogP contribution in [0, 0.1) is 5.82 Å². The number of pyridine rings is 2. The molecule has 25 heavy (non-hydrogen) atoms. The maximum atomic E-state index is 13.3. The van der Waals surface area contributed by atoms with Crippen molar-refractivity contribution in [2.24, 2.45) is 12.8 Å². The van der Waals surface area contributed by atoms with Gasteiger partial charge in [-0.3, -0.25) is 14.6 Å². The Kier molecular flexibility index (Phi) is 4.43. The molecule has 0 aliphatic heterocycles. The van der Waals surface area contributed by atoms with Crippen LogP contribution < -0.4 is 11.3 Å². The third kappa shape index (κ3) is 3.47. The minimum absolute atomic E-state index is 0.0876. The average Bonchev–Trinajstić information content (AvgIpc) is 2.57. The van der Waals surface area contributed by atoms with E-state index in [-0.39, 0.29) is 11.4 Å². The van der Waals surface area contributed by atoms with Crippen LogP contribution in [0.25, 0.3) is 11.3 Å². The first-order chi connectivity index (χ1) is 12.0. The quantitative estimate of drug-likeness (QED) is 0.793. The van der Waals surface area contributed by atoms with Crippen molar-refractivity contribution in [1.82, 2.24) is 9.55 Å². The lowest BCUT2D eigenvalue weighted by Gasteiger charge is -2.09. The lowest BCUT2D eigenvalue weighted by atomic mass is 10.0. The zero-order valence-corrected chi connectivity index (χ0v) is 13.6. The molecule has 2 N–H and O–H groups in total. The third-order valence-corrected chi connectivity index (χ3v) is 3.91. The Morgan fingerprint density at radius 3 is 2.64 bits per heavy atom. The smallest absolute Gasteiger partial charge is 0.263 e. The summed E-state index contributed by atoms with van der Waals surface area (Å²) in [4.78, 5) is 28.1. The molecule has 5 nitrogen and oxygen atoms in total. The molecule has 0 saturated carbocycles. The van der Waals surface area contributed by atoms with Crippen molar-refractivity contribution in [3.8, 4) is 11.3 Å². The number of aryl methyl sites for hydroxylation is 1. The van der Waals surface area contributed by atoms with Crippen molar-refractivity contribution >= 4 is 5.91 Å². The van der Waals surface area contributed by atoms with E-state index in [9.17, 15) is 14.0 Å². The first-order valence-corrected chi connectivity index (χ1v) is 7.65. The summed E-state index contributed by atoms with van der Waals surface area (Å²) in [5.41, 5.74) is 7.40. The highest BCUT2D eigenvalue weighted by atomic mass is 19.1. The number of hydrogen-bond acceptors (Lipinski definition) is 3. The first kappa shape index (κ1) is 16.6. The summed E-state index contributed by atoms with van der Waals surface area (Å²) in [5, 5.41) is 0. The average molecular weight is 337 g/mol. The van der Waals surface area contributed by atoms with E-state index < -0.39 is 11.5 Å². The van der Waals surface area contributed by atoms with Crippen LogP contribution in [-0.2, 0) is 13.5 Å². The summed E-state index contributed by atoms with van der Waals surface area (Å²) in [6, 6.07) is 11.5. The van der Waals surface area contributed by atoms with E-state index >= 15 is 0 Å². The van der Waals surface area contributed by atoms with Gasteiger partial charge in [-0.1, -0.05) is 18.2 Å². The predicted octanol–water partition coefficient (Wildman–Crippen LogP) is 2.28. The van der Waals surface area contributed by atoms with Gasteiger partial charge in [0, 0.05) is 25.0 Å². The van der Waals surface area contributed by atoms with Crippen LogP contribution in [0.5, 0.6) is 0 Å². The number of benzene rings is 1. The summed E-state index contributed by atoms with van der Waals surface area (Å²) < 4.78 is 14.5. The largest absolute Gasteiger partial charge is 0.365 e. The third-order valence-electron chi connectivity index (χ3n) is 3.91. The van der Waals surface area contributed by atoms with E-state index in [0.29, 0.717) is 17.7 Å². The number of rotatable bonds is 4. The SMILES string of the molecule is Cn1ccc(-c2ccc(Cc3cccc(F)c3)cn2)c(C(N)=O)c1=O. The summed E-state index contributed by atoms with van der Waals surface area (Å²) in [5.74, 6) is -1.07. The number of hydrogen-bond donors (Lipinski definition) is 1. The molecule has 0 radical (unpaired) electrons. The van der Waals surface area contributed by atoms with Crippen LogP contribution in [-0.4, -0.2) is 15.5 Å². The highest BCUT2D eigenvalue weighted by molar-refractivity contribution is 5.98. The zero-order valence-electron chi connectivity index (χ0n) is 13.6. The summed E-state index contributed by atoms with van der Waals surface area (Å²) >= 11 is 0. The second kappa shape index (κ2) is 6.68. The molecule has 3 aromatic rings. The molecule has 0 bridgehead atoms. The molecule has 0 saturated heterocycles. The fourth-order valence-corrected chi connectivity index (χ4v) is 2.65. The van der Waals surface area contributed by atoms with Gasteiger partial charge in [0.2, 0.25) is 0 Å². The Bertz CT molecular complexity index is 994. The van der Waals surface area contributed by atoms with E-state index in [2.05, 4.69) is 4.98 Å². The van der Waals surface area contributed by atoms with Gasteiger partial charge in [0.25, 0.3) is 11.5 Å². The molecule has 6 heteroatoms. The van der Waals surface area contributed by atoms with E-state index in [1.54, 1.807) is 37.6 Å². The highest BCUT2D eigenvalue weighted by Crippen LogP contribution is 2.20. The van der Waals surface area contributed by atoms with Crippen molar-refractivity contribution in [2.75, 3.05) is 0 Å². The Morgan fingerprint density at radius 1 is 1.20 bits per heavy atom. The molecule has 0 aliphatic carbocycles. The Morgan fingerprint density at radius 2 is 2.00 bits per heavy atom. The zero-order chi connectivity index (χ0) is 18.0. The normalized spacial score (nSPS) is 10.6. The second-order valence-electron chi connectivity index (χ2n) is 5.74. The number of halogens is 1. The number of nitrogens with two attached hydrogens (primary N) is 1. The first-order valence-electron chi connectivity index (χ1n) is 7.65. The Hall–Kier alpha value is -3.28. The highest BCUT2D eigenvalue weighted by Gasteiger charge is 2.16. The fourth-order valence-electron chi connectivity index (χ4n) is 2.65. The molecule has 0 atom stereocenters. The van der Waals surface area contributed by atoms with Gasteiger partial charge in [-0.2, -0.15) is 0 Å². The van der Waals surface area contributed by atoms with Gasteiger partial charge >= 0.3 is 0 Å². The molecule has 2 aromatic heterocycles. The Balaban J connectivity index is 1.95. The van der Waals surface area contributed by atoms with Crippen molar-refractivity contribution in [3.63, 3.8) is 0 Å². The van der Waals surface area contributed by atoms with Gasteiger partial charge < -0.3 is 10.3 Å². The molecular formula is C19H16FN3O2. The van der Waals surface area contributed by atoms with Crippen LogP contribution in [0.3, 0.4) is 0 Å². The molecule has 3 rings (SSSR count). The van der Waals surface area contributed by atoms with E-state index in [1.165, 1.54) is 16.7 Å². The monoisotopic (exact) mass is 337 g/mol. The van der Waals surface area contributed by atoms with Crippen molar-refractivity contribution < 1.29 is 9.18 Å². The maximum absolute atomic E-state index is 13.3. The second-order valence-corrected chi connectivity index (χ2v) is 5.74. The van der Waals surface area contributed by atoms with Gasteiger partial charge in [0.1, 0.15) is 11.4 Å². The fraction of sp³-hybridized carbons (Fsp3) is 0.105. The minimum atomic E-state index is -0.790. The molecule has 1 amide bonds. The molecule has 0 spiro atoms. The molecule has 1 aromatic carbocycles. The maximum Gasteiger partial charge on any atom is 0.263 e. The number of carbonyl (C=O) groups is 1. The van der Waals surface area contributed by atoms with Crippen LogP contribution in [0.4, 0.5) is 4.39 Å². The number of aromatic nitrogens is 2. The Labute approximate surface area is 143 Å². The summed E-state index contributed by atoms with van der Waals surface area (Å²) in [6.45, 7) is 0. The van der Waals surface area contributed by atoms with E-state index in [0.717, 1.165) is 11.1 Å². The van der Waals surface area contributed by atoms with Crippen LogP contribution in [0.15, 0.2) is 59.7 Å². The number of carbonyl (C=O) groups excluding carboxylic acids is 1.